The molecule has 3 unspecified atom stereocenters. The fraction of sp³-hybridized carbons (Fsp3) is 0.922. The Morgan fingerprint density at radius 3 is 0.977 bits per heavy atom. The van der Waals surface area contributed by atoms with E-state index < -0.39 is 20.0 Å². The summed E-state index contributed by atoms with van der Waals surface area (Å²) in [5.74, 6) is -0.515. The number of hydrogen-bond acceptors (Lipinski definition) is 7. The predicted molar refractivity (Wildman–Crippen MR) is 377 cm³/mol. The zero-order valence-electron chi connectivity index (χ0n) is 59.3. The summed E-state index contributed by atoms with van der Waals surface area (Å²) < 4.78 is 30.5. The molecule has 0 aliphatic rings. The molecule has 0 bridgehead atoms. The number of esters is 1. The number of carbonyl (C=O) groups excluding carboxylic acids is 2. The van der Waals surface area contributed by atoms with Crippen molar-refractivity contribution in [1.82, 2.24) is 5.32 Å². The number of allylic oxidation sites excluding steroid dienone is 3. The number of hydrogen-bond donors (Lipinski definition) is 1. The van der Waals surface area contributed by atoms with Crippen molar-refractivity contribution in [2.45, 2.75) is 418 Å². The molecule has 0 radical (unpaired) electrons. The number of rotatable bonds is 72. The molecule has 87 heavy (non-hydrogen) atoms. The third kappa shape index (κ3) is 68.7. The molecule has 1 amide bonds. The maximum atomic E-state index is 13.6. The molecular weight excluding hydrogens is 1100 g/mol. The van der Waals surface area contributed by atoms with Crippen molar-refractivity contribution in [2.75, 3.05) is 40.9 Å². The zero-order valence-corrected chi connectivity index (χ0v) is 60.2. The van der Waals surface area contributed by atoms with E-state index in [9.17, 15) is 19.0 Å². The molecule has 0 heterocycles. The summed E-state index contributed by atoms with van der Waals surface area (Å²) in [6.07, 6.45) is 83.3. The van der Waals surface area contributed by atoms with Gasteiger partial charge in [0.2, 0.25) is 5.91 Å². The van der Waals surface area contributed by atoms with Crippen molar-refractivity contribution in [3.8, 4) is 0 Å². The first kappa shape index (κ1) is 85.5. The third-order valence-corrected chi connectivity index (χ3v) is 18.8. The lowest BCUT2D eigenvalue weighted by molar-refractivity contribution is -0.870. The largest absolute Gasteiger partial charge is 0.756 e. The molecule has 516 valence electrons. The summed E-state index contributed by atoms with van der Waals surface area (Å²) in [5.41, 5.74) is 0. The van der Waals surface area contributed by atoms with Crippen LogP contribution in [0.25, 0.3) is 0 Å². The lowest BCUT2D eigenvalue weighted by atomic mass is 10.0. The second kappa shape index (κ2) is 67.4. The highest BCUT2D eigenvalue weighted by atomic mass is 31.2. The molecule has 10 heteroatoms. The quantitative estimate of drug-likeness (QED) is 0.0212. The number of phosphoric ester groups is 1. The highest BCUT2D eigenvalue weighted by Crippen LogP contribution is 2.38. The van der Waals surface area contributed by atoms with E-state index in [-0.39, 0.29) is 31.5 Å². The van der Waals surface area contributed by atoms with Gasteiger partial charge < -0.3 is 28.5 Å². The van der Waals surface area contributed by atoms with Gasteiger partial charge in [-0.15, -0.1) is 0 Å². The van der Waals surface area contributed by atoms with Crippen LogP contribution in [0.4, 0.5) is 0 Å². The summed E-state index contributed by atoms with van der Waals surface area (Å²) in [5, 5.41) is 3.06. The first-order valence-corrected chi connectivity index (χ1v) is 40.1. The molecule has 1 N–H and O–H groups in total. The normalized spacial score (nSPS) is 13.5. The Labute approximate surface area is 543 Å². The molecule has 0 saturated heterocycles. The summed E-state index contributed by atoms with van der Waals surface area (Å²) in [6, 6.07) is -0.883. The van der Waals surface area contributed by atoms with E-state index in [0.717, 1.165) is 57.8 Å². The lowest BCUT2D eigenvalue weighted by Gasteiger charge is -2.30. The first-order valence-electron chi connectivity index (χ1n) is 38.6. The average molecular weight is 1250 g/mol. The van der Waals surface area contributed by atoms with E-state index in [0.29, 0.717) is 17.4 Å². The maximum Gasteiger partial charge on any atom is 0.306 e. The van der Waals surface area contributed by atoms with Crippen LogP contribution < -0.4 is 10.2 Å². The van der Waals surface area contributed by atoms with Crippen LogP contribution >= 0.6 is 7.82 Å². The molecule has 0 spiro atoms. The fourth-order valence-electron chi connectivity index (χ4n) is 11.9. The molecule has 0 aromatic rings. The van der Waals surface area contributed by atoms with Crippen molar-refractivity contribution >= 4 is 19.7 Å². The van der Waals surface area contributed by atoms with Gasteiger partial charge in [0.15, 0.2) is 0 Å². The van der Waals surface area contributed by atoms with Crippen LogP contribution in [-0.4, -0.2) is 69.4 Å². The van der Waals surface area contributed by atoms with Gasteiger partial charge in [-0.05, 0) is 57.4 Å². The molecule has 0 aromatic carbocycles. The summed E-state index contributed by atoms with van der Waals surface area (Å²) >= 11 is 0. The Morgan fingerprint density at radius 1 is 0.391 bits per heavy atom. The number of amides is 1. The van der Waals surface area contributed by atoms with Gasteiger partial charge in [0.25, 0.3) is 7.82 Å². The van der Waals surface area contributed by atoms with E-state index >= 15 is 0 Å². The van der Waals surface area contributed by atoms with Crippen molar-refractivity contribution < 1.29 is 37.3 Å². The van der Waals surface area contributed by atoms with Gasteiger partial charge >= 0.3 is 5.97 Å². The standard InChI is InChI=1S/C77H151N2O7P/c1-7-10-13-16-19-22-25-27-29-31-33-35-37-39-41-43-45-47-49-51-54-57-60-63-66-69-76(80)78-74(73-85-87(82,83)84-72-71-79(4,5)6)75(68-65-62-59-56-53-24-21-18-15-12-9-3)86-77(81)70-67-64-61-58-55-52-50-48-46-44-42-40-38-36-34-32-30-28-26-23-20-17-14-11-8-2/h27,29,65,68,74-75H,7-26,28,30-64,66-67,69-73H2,1-6H3,(H-,78,80,82,83)/b29-27+,68-65+. The number of likely N-dealkylation sites (N-methyl/N-ethyl adjacent to an activating group) is 1. The van der Waals surface area contributed by atoms with E-state index in [1.165, 1.54) is 315 Å². The molecular formula is C77H151N2O7P. The number of ether oxygens (including phenoxy) is 1. The molecule has 0 aromatic heterocycles. The van der Waals surface area contributed by atoms with Gasteiger partial charge in [-0.25, -0.2) is 0 Å². The van der Waals surface area contributed by atoms with Gasteiger partial charge in [-0.3, -0.25) is 14.2 Å². The predicted octanol–water partition coefficient (Wildman–Crippen LogP) is 24.2. The summed E-state index contributed by atoms with van der Waals surface area (Å²) in [6.45, 7) is 6.92. The molecule has 0 aliphatic carbocycles. The SMILES string of the molecule is CCCCCCCC/C=C/CCCCCCCCCCCCCCCCCC(=O)NC(COP(=O)([O-])OCC[N+](C)(C)C)C(/C=C/CCCCCCCCCCC)OC(=O)CCCCCCCCCCCCCCCCCCCCCCCCCCC. The van der Waals surface area contributed by atoms with Crippen molar-refractivity contribution in [2.24, 2.45) is 0 Å². The smallest absolute Gasteiger partial charge is 0.306 e. The number of phosphoric acid groups is 1. The Balaban J connectivity index is 4.88. The molecule has 0 fully saturated rings. The zero-order chi connectivity index (χ0) is 63.5. The van der Waals surface area contributed by atoms with Gasteiger partial charge in [0.05, 0.1) is 33.8 Å². The van der Waals surface area contributed by atoms with Crippen LogP contribution in [0.5, 0.6) is 0 Å². The van der Waals surface area contributed by atoms with Gasteiger partial charge in [0, 0.05) is 12.8 Å². The fourth-order valence-corrected chi connectivity index (χ4v) is 12.7. The second-order valence-corrected chi connectivity index (χ2v) is 29.3. The molecule has 0 saturated carbocycles. The minimum atomic E-state index is -4.70. The van der Waals surface area contributed by atoms with Gasteiger partial charge in [-0.1, -0.05) is 360 Å². The van der Waals surface area contributed by atoms with Gasteiger partial charge in [-0.2, -0.15) is 0 Å². The van der Waals surface area contributed by atoms with Crippen LogP contribution in [0.15, 0.2) is 24.3 Å². The number of quaternary nitrogens is 1. The van der Waals surface area contributed by atoms with Crippen LogP contribution in [0.3, 0.4) is 0 Å². The highest BCUT2D eigenvalue weighted by Gasteiger charge is 2.27. The Bertz CT molecular complexity index is 1530. The Kier molecular flexibility index (Phi) is 66.2. The van der Waals surface area contributed by atoms with E-state index in [4.69, 9.17) is 13.8 Å². The Morgan fingerprint density at radius 2 is 0.667 bits per heavy atom. The summed E-state index contributed by atoms with van der Waals surface area (Å²) in [4.78, 5) is 40.2. The van der Waals surface area contributed by atoms with Crippen LogP contribution in [0.1, 0.15) is 406 Å². The minimum Gasteiger partial charge on any atom is -0.756 e. The highest BCUT2D eigenvalue weighted by molar-refractivity contribution is 7.45. The summed E-state index contributed by atoms with van der Waals surface area (Å²) in [7, 11) is 1.21. The van der Waals surface area contributed by atoms with E-state index in [2.05, 4.69) is 38.2 Å². The third-order valence-electron chi connectivity index (χ3n) is 17.9. The van der Waals surface area contributed by atoms with Crippen LogP contribution in [-0.2, 0) is 27.9 Å². The number of nitrogens with one attached hydrogen (secondary N) is 1. The van der Waals surface area contributed by atoms with Crippen molar-refractivity contribution in [3.05, 3.63) is 24.3 Å². The van der Waals surface area contributed by atoms with Crippen LogP contribution in [0.2, 0.25) is 0 Å². The number of unbranched alkanes of at least 4 members (excludes halogenated alkanes) is 54. The molecule has 9 nitrogen and oxygen atoms in total. The van der Waals surface area contributed by atoms with E-state index in [1.807, 2.05) is 33.3 Å². The molecule has 0 rings (SSSR count). The topological polar surface area (TPSA) is 114 Å². The van der Waals surface area contributed by atoms with Crippen molar-refractivity contribution in [3.63, 3.8) is 0 Å². The first-order chi connectivity index (χ1) is 42.4. The monoisotopic (exact) mass is 1250 g/mol. The Hall–Kier alpha value is -1.51. The van der Waals surface area contributed by atoms with Gasteiger partial charge in [0.1, 0.15) is 19.3 Å². The maximum absolute atomic E-state index is 13.6. The van der Waals surface area contributed by atoms with E-state index in [1.54, 1.807) is 0 Å². The molecule has 0 aliphatic heterocycles. The average Bonchev–Trinajstić information content (AvgIpc) is 3.70. The number of carbonyl (C=O) groups is 2. The number of nitrogens with zero attached hydrogens (tertiary/aromatic N) is 1. The second-order valence-electron chi connectivity index (χ2n) is 27.9. The van der Waals surface area contributed by atoms with Crippen LogP contribution in [0, 0.1) is 0 Å². The molecule has 3 atom stereocenters. The lowest BCUT2D eigenvalue weighted by Crippen LogP contribution is -2.47. The van der Waals surface area contributed by atoms with Crippen molar-refractivity contribution in [1.29, 1.82) is 0 Å². The minimum absolute atomic E-state index is 0.0177.